The summed E-state index contributed by atoms with van der Waals surface area (Å²) in [5.41, 5.74) is 2.38. The van der Waals surface area contributed by atoms with Gasteiger partial charge >= 0.3 is 0 Å². The Morgan fingerprint density at radius 3 is 2.95 bits per heavy atom. The second-order valence-corrected chi connectivity index (χ2v) is 6.56. The van der Waals surface area contributed by atoms with Crippen molar-refractivity contribution in [3.8, 4) is 5.75 Å². The van der Waals surface area contributed by atoms with Gasteiger partial charge < -0.3 is 15.0 Å². The summed E-state index contributed by atoms with van der Waals surface area (Å²) in [4.78, 5) is 14.4. The summed E-state index contributed by atoms with van der Waals surface area (Å²) in [5.74, 6) is 1.11. The standard InChI is InChI=1S/C18H26N2O2/c1-13-4-3-5-17(14(13)2)22-11-9-18(21)20-10-8-15-6-7-16(12-20)19-15/h3-5,15-16,19H,6-12H2,1-2H3. The predicted molar refractivity (Wildman–Crippen MR) is 87.2 cm³/mol. The van der Waals surface area contributed by atoms with Gasteiger partial charge in [-0.2, -0.15) is 0 Å². The molecule has 1 aromatic rings. The van der Waals surface area contributed by atoms with Gasteiger partial charge in [-0.1, -0.05) is 12.1 Å². The molecular formula is C18H26N2O2. The first-order chi connectivity index (χ1) is 10.6. The summed E-state index contributed by atoms with van der Waals surface area (Å²) in [6.07, 6.45) is 4.01. The lowest BCUT2D eigenvalue weighted by atomic mass is 10.1. The molecule has 2 atom stereocenters. The van der Waals surface area contributed by atoms with Crippen molar-refractivity contribution >= 4 is 5.91 Å². The van der Waals surface area contributed by atoms with Gasteiger partial charge in [0.25, 0.3) is 0 Å². The number of nitrogens with zero attached hydrogens (tertiary/aromatic N) is 1. The lowest BCUT2D eigenvalue weighted by molar-refractivity contribution is -0.131. The predicted octanol–water partition coefficient (Wildman–Crippen LogP) is 2.43. The van der Waals surface area contributed by atoms with Gasteiger partial charge in [-0.3, -0.25) is 4.79 Å². The van der Waals surface area contributed by atoms with E-state index in [2.05, 4.69) is 25.2 Å². The number of carbonyl (C=O) groups is 1. The molecule has 2 heterocycles. The van der Waals surface area contributed by atoms with Gasteiger partial charge in [0.1, 0.15) is 5.75 Å². The van der Waals surface area contributed by atoms with Crippen molar-refractivity contribution in [3.05, 3.63) is 29.3 Å². The number of benzene rings is 1. The molecule has 2 saturated heterocycles. The molecule has 120 valence electrons. The zero-order chi connectivity index (χ0) is 15.5. The molecule has 2 aliphatic heterocycles. The smallest absolute Gasteiger partial charge is 0.226 e. The van der Waals surface area contributed by atoms with Crippen molar-refractivity contribution in [2.45, 2.75) is 51.6 Å². The molecule has 4 nitrogen and oxygen atoms in total. The first-order valence-electron chi connectivity index (χ1n) is 8.36. The van der Waals surface area contributed by atoms with Crippen LogP contribution in [0.5, 0.6) is 5.75 Å². The van der Waals surface area contributed by atoms with Crippen molar-refractivity contribution in [1.82, 2.24) is 10.2 Å². The van der Waals surface area contributed by atoms with Crippen LogP contribution in [0.3, 0.4) is 0 Å². The SMILES string of the molecule is Cc1cccc(OCCC(=O)N2CCC3CCC(C2)N3)c1C. The van der Waals surface area contributed by atoms with Gasteiger partial charge in [-0.25, -0.2) is 0 Å². The first kappa shape index (κ1) is 15.3. The van der Waals surface area contributed by atoms with Crippen molar-refractivity contribution in [2.24, 2.45) is 0 Å². The molecule has 0 spiro atoms. The number of aryl methyl sites for hydroxylation is 1. The Bertz CT molecular complexity index is 544. The number of carbonyl (C=O) groups excluding carboxylic acids is 1. The normalized spacial score (nSPS) is 24.2. The summed E-state index contributed by atoms with van der Waals surface area (Å²) in [5, 5.41) is 3.61. The third-order valence-electron chi connectivity index (χ3n) is 5.00. The van der Waals surface area contributed by atoms with Gasteiger partial charge in [-0.15, -0.1) is 0 Å². The number of nitrogens with one attached hydrogen (secondary N) is 1. The number of rotatable bonds is 4. The number of likely N-dealkylation sites (tertiary alicyclic amines) is 1. The molecule has 2 aliphatic rings. The topological polar surface area (TPSA) is 41.6 Å². The molecule has 1 aromatic carbocycles. The van der Waals surface area contributed by atoms with E-state index in [1.54, 1.807) is 0 Å². The fourth-order valence-electron chi connectivity index (χ4n) is 3.46. The van der Waals surface area contributed by atoms with Crippen LogP contribution >= 0.6 is 0 Å². The zero-order valence-electron chi connectivity index (χ0n) is 13.6. The zero-order valence-corrected chi connectivity index (χ0v) is 13.6. The van der Waals surface area contributed by atoms with Crippen LogP contribution in [0.25, 0.3) is 0 Å². The van der Waals surface area contributed by atoms with Gasteiger partial charge in [0.05, 0.1) is 13.0 Å². The van der Waals surface area contributed by atoms with E-state index in [-0.39, 0.29) is 5.91 Å². The van der Waals surface area contributed by atoms with E-state index in [1.807, 2.05) is 17.0 Å². The van der Waals surface area contributed by atoms with E-state index < -0.39 is 0 Å². The van der Waals surface area contributed by atoms with Crippen molar-refractivity contribution in [3.63, 3.8) is 0 Å². The third-order valence-corrected chi connectivity index (χ3v) is 5.00. The molecule has 0 aromatic heterocycles. The van der Waals surface area contributed by atoms with Crippen LogP contribution in [0.2, 0.25) is 0 Å². The molecule has 22 heavy (non-hydrogen) atoms. The fourth-order valence-corrected chi connectivity index (χ4v) is 3.46. The molecular weight excluding hydrogens is 276 g/mol. The molecule has 2 bridgehead atoms. The van der Waals surface area contributed by atoms with E-state index in [0.717, 1.165) is 30.8 Å². The first-order valence-corrected chi connectivity index (χ1v) is 8.36. The summed E-state index contributed by atoms with van der Waals surface area (Å²) >= 11 is 0. The van der Waals surface area contributed by atoms with Crippen LogP contribution in [0.15, 0.2) is 18.2 Å². The number of hydrogen-bond donors (Lipinski definition) is 1. The summed E-state index contributed by atoms with van der Waals surface area (Å²) in [7, 11) is 0. The largest absolute Gasteiger partial charge is 0.493 e. The van der Waals surface area contributed by atoms with E-state index in [4.69, 9.17) is 4.74 Å². The van der Waals surface area contributed by atoms with Crippen LogP contribution < -0.4 is 10.1 Å². The highest BCUT2D eigenvalue weighted by Crippen LogP contribution is 2.22. The monoisotopic (exact) mass is 302 g/mol. The molecule has 0 aliphatic carbocycles. The maximum Gasteiger partial charge on any atom is 0.226 e. The number of amides is 1. The highest BCUT2D eigenvalue weighted by Gasteiger charge is 2.30. The van der Waals surface area contributed by atoms with Gasteiger partial charge in [0.15, 0.2) is 0 Å². The summed E-state index contributed by atoms with van der Waals surface area (Å²) in [6.45, 7) is 6.34. The molecule has 2 fully saturated rings. The van der Waals surface area contributed by atoms with Gasteiger partial charge in [0.2, 0.25) is 5.91 Å². The highest BCUT2D eigenvalue weighted by molar-refractivity contribution is 5.76. The second kappa shape index (κ2) is 6.69. The number of fused-ring (bicyclic) bond motifs is 2. The number of ether oxygens (including phenoxy) is 1. The average molecular weight is 302 g/mol. The Morgan fingerprint density at radius 2 is 2.09 bits per heavy atom. The Kier molecular flexibility index (Phi) is 4.67. The number of hydrogen-bond acceptors (Lipinski definition) is 3. The molecule has 2 unspecified atom stereocenters. The molecule has 0 saturated carbocycles. The highest BCUT2D eigenvalue weighted by atomic mass is 16.5. The maximum atomic E-state index is 12.4. The second-order valence-electron chi connectivity index (χ2n) is 6.56. The van der Waals surface area contributed by atoms with Crippen LogP contribution in [0.4, 0.5) is 0 Å². The van der Waals surface area contributed by atoms with Crippen molar-refractivity contribution in [2.75, 3.05) is 19.7 Å². The maximum absolute atomic E-state index is 12.4. The van der Waals surface area contributed by atoms with Crippen LogP contribution in [0, 0.1) is 13.8 Å². The minimum Gasteiger partial charge on any atom is -0.493 e. The lowest BCUT2D eigenvalue weighted by Gasteiger charge is -2.24. The fraction of sp³-hybridized carbons (Fsp3) is 0.611. The third kappa shape index (κ3) is 3.43. The molecule has 0 radical (unpaired) electrons. The Hall–Kier alpha value is -1.55. The van der Waals surface area contributed by atoms with Gasteiger partial charge in [0, 0.05) is 25.2 Å². The molecule has 1 amide bonds. The van der Waals surface area contributed by atoms with E-state index >= 15 is 0 Å². The Morgan fingerprint density at radius 1 is 1.27 bits per heavy atom. The van der Waals surface area contributed by atoms with E-state index in [9.17, 15) is 4.79 Å². The Labute approximate surface area is 132 Å². The van der Waals surface area contributed by atoms with Gasteiger partial charge in [-0.05, 0) is 50.3 Å². The average Bonchev–Trinajstić information content (AvgIpc) is 2.82. The Balaban J connectivity index is 1.49. The van der Waals surface area contributed by atoms with Crippen LogP contribution in [-0.4, -0.2) is 42.6 Å². The summed E-state index contributed by atoms with van der Waals surface area (Å²) in [6, 6.07) is 7.16. The minimum atomic E-state index is 0.222. The van der Waals surface area contributed by atoms with Crippen molar-refractivity contribution < 1.29 is 9.53 Å². The van der Waals surface area contributed by atoms with Crippen LogP contribution in [-0.2, 0) is 4.79 Å². The quantitative estimate of drug-likeness (QED) is 0.929. The summed E-state index contributed by atoms with van der Waals surface area (Å²) < 4.78 is 5.81. The molecule has 1 N–H and O–H groups in total. The minimum absolute atomic E-state index is 0.222. The van der Waals surface area contributed by atoms with E-state index in [0.29, 0.717) is 25.1 Å². The molecule has 3 rings (SSSR count). The molecule has 4 heteroatoms. The lowest BCUT2D eigenvalue weighted by Crippen LogP contribution is -2.39. The van der Waals surface area contributed by atoms with Crippen LogP contribution in [0.1, 0.15) is 36.8 Å². The van der Waals surface area contributed by atoms with Crippen molar-refractivity contribution in [1.29, 1.82) is 0 Å². The van der Waals surface area contributed by atoms with E-state index in [1.165, 1.54) is 18.4 Å².